The van der Waals surface area contributed by atoms with Gasteiger partial charge in [-0.15, -0.1) is 24.0 Å². The van der Waals surface area contributed by atoms with E-state index in [-0.39, 0.29) is 24.0 Å². The predicted octanol–water partition coefficient (Wildman–Crippen LogP) is 3.05. The number of hydrogen-bond donors (Lipinski definition) is 2. The Kier molecular flexibility index (Phi) is 11.9. The molecule has 2 N–H and O–H groups in total. The van der Waals surface area contributed by atoms with E-state index in [1.54, 1.807) is 7.11 Å². The molecule has 2 atom stereocenters. The number of guanidine groups is 1. The molecular weight excluding hydrogens is 517 g/mol. The van der Waals surface area contributed by atoms with Crippen LogP contribution >= 0.6 is 24.0 Å². The molecule has 0 spiro atoms. The Morgan fingerprint density at radius 2 is 2.00 bits per heavy atom. The predicted molar refractivity (Wildman–Crippen MR) is 144 cm³/mol. The van der Waals surface area contributed by atoms with E-state index in [1.165, 1.54) is 12.1 Å². The lowest BCUT2D eigenvalue weighted by atomic mass is 10.0. The summed E-state index contributed by atoms with van der Waals surface area (Å²) in [6, 6.07) is 8.81. The third-order valence-corrected chi connectivity index (χ3v) is 6.33. The first-order valence-electron chi connectivity index (χ1n) is 11.8. The molecule has 3 rings (SSSR count). The van der Waals surface area contributed by atoms with Gasteiger partial charge < -0.3 is 25.0 Å². The average Bonchev–Trinajstić information content (AvgIpc) is 3.27. The third kappa shape index (κ3) is 7.95. The van der Waals surface area contributed by atoms with Crippen LogP contribution in [0.3, 0.4) is 0 Å². The van der Waals surface area contributed by atoms with E-state index >= 15 is 0 Å². The molecule has 2 unspecified atom stereocenters. The van der Waals surface area contributed by atoms with E-state index in [9.17, 15) is 0 Å². The molecule has 0 radical (unpaired) electrons. The maximum atomic E-state index is 5.53. The molecular formula is C24H42IN5O2. The standard InChI is InChI=1S/C24H41N5O2.HI/c1-5-25-24(27-17-23(19(2)3)28-11-13-31-14-12-28)26-16-20-9-10-29(18-20)21-7-6-8-22(15-21)30-4;/h6-8,15,19-20,23H,5,9-14,16-18H2,1-4H3,(H2,25,26,27);1H. The van der Waals surface area contributed by atoms with Crippen LogP contribution in [0.25, 0.3) is 0 Å². The summed E-state index contributed by atoms with van der Waals surface area (Å²) in [6.07, 6.45) is 1.19. The van der Waals surface area contributed by atoms with Crippen LogP contribution in [0, 0.1) is 11.8 Å². The fourth-order valence-corrected chi connectivity index (χ4v) is 4.47. The smallest absolute Gasteiger partial charge is 0.191 e. The quantitative estimate of drug-likeness (QED) is 0.276. The molecule has 1 aromatic rings. The van der Waals surface area contributed by atoms with Gasteiger partial charge >= 0.3 is 0 Å². The molecule has 32 heavy (non-hydrogen) atoms. The molecule has 0 bridgehead atoms. The molecule has 2 aliphatic rings. The molecule has 2 aliphatic heterocycles. The van der Waals surface area contributed by atoms with Crippen molar-refractivity contribution in [1.82, 2.24) is 15.5 Å². The van der Waals surface area contributed by atoms with Crippen LogP contribution in [-0.4, -0.2) is 83.0 Å². The Morgan fingerprint density at radius 1 is 1.22 bits per heavy atom. The van der Waals surface area contributed by atoms with Crippen molar-refractivity contribution in [3.8, 4) is 5.75 Å². The van der Waals surface area contributed by atoms with Gasteiger partial charge in [0.25, 0.3) is 0 Å². The van der Waals surface area contributed by atoms with Crippen LogP contribution in [0.2, 0.25) is 0 Å². The molecule has 2 fully saturated rings. The van der Waals surface area contributed by atoms with Crippen molar-refractivity contribution in [3.05, 3.63) is 24.3 Å². The minimum Gasteiger partial charge on any atom is -0.497 e. The minimum atomic E-state index is 0. The summed E-state index contributed by atoms with van der Waals surface area (Å²) in [5.74, 6) is 3.02. The number of ether oxygens (including phenoxy) is 2. The first-order chi connectivity index (χ1) is 15.1. The molecule has 2 saturated heterocycles. The number of morpholine rings is 1. The largest absolute Gasteiger partial charge is 0.497 e. The Morgan fingerprint density at radius 3 is 2.69 bits per heavy atom. The van der Waals surface area contributed by atoms with Gasteiger partial charge in [0.1, 0.15) is 5.75 Å². The van der Waals surface area contributed by atoms with E-state index in [0.29, 0.717) is 17.9 Å². The topological polar surface area (TPSA) is 61.4 Å². The second-order valence-electron chi connectivity index (χ2n) is 8.86. The van der Waals surface area contributed by atoms with Crippen LogP contribution in [0.15, 0.2) is 29.3 Å². The molecule has 2 heterocycles. The SMILES string of the molecule is CCNC(=NCC(C(C)C)N1CCOCC1)NCC1CCN(c2cccc(OC)c2)C1.I. The number of halogens is 1. The number of aliphatic imine (C=N–C) groups is 1. The Labute approximate surface area is 211 Å². The first kappa shape index (κ1) is 27.0. The van der Waals surface area contributed by atoms with Gasteiger partial charge in [0, 0.05) is 57.1 Å². The summed E-state index contributed by atoms with van der Waals surface area (Å²) >= 11 is 0. The summed E-state index contributed by atoms with van der Waals surface area (Å²) in [7, 11) is 1.72. The van der Waals surface area contributed by atoms with Gasteiger partial charge in [-0.05, 0) is 37.3 Å². The molecule has 182 valence electrons. The van der Waals surface area contributed by atoms with Gasteiger partial charge in [-0.1, -0.05) is 19.9 Å². The molecule has 0 aromatic heterocycles. The number of methoxy groups -OCH3 is 1. The van der Waals surface area contributed by atoms with Crippen molar-refractivity contribution in [2.24, 2.45) is 16.8 Å². The van der Waals surface area contributed by atoms with Gasteiger partial charge in [0.15, 0.2) is 5.96 Å². The lowest BCUT2D eigenvalue weighted by molar-refractivity contribution is 0.00867. The van der Waals surface area contributed by atoms with Crippen LogP contribution in [-0.2, 0) is 4.74 Å². The molecule has 0 saturated carbocycles. The van der Waals surface area contributed by atoms with Crippen molar-refractivity contribution in [1.29, 1.82) is 0 Å². The summed E-state index contributed by atoms with van der Waals surface area (Å²) < 4.78 is 10.9. The molecule has 0 aliphatic carbocycles. The van der Waals surface area contributed by atoms with E-state index in [4.69, 9.17) is 14.5 Å². The monoisotopic (exact) mass is 559 g/mol. The number of hydrogen-bond acceptors (Lipinski definition) is 5. The van der Waals surface area contributed by atoms with Crippen molar-refractivity contribution < 1.29 is 9.47 Å². The van der Waals surface area contributed by atoms with Crippen LogP contribution in [0.5, 0.6) is 5.75 Å². The number of benzene rings is 1. The second kappa shape index (κ2) is 14.1. The highest BCUT2D eigenvalue weighted by atomic mass is 127. The summed E-state index contributed by atoms with van der Waals surface area (Å²) in [6.45, 7) is 15.1. The zero-order chi connectivity index (χ0) is 22.1. The number of nitrogens with one attached hydrogen (secondary N) is 2. The number of nitrogens with zero attached hydrogens (tertiary/aromatic N) is 3. The summed E-state index contributed by atoms with van der Waals surface area (Å²) in [5.41, 5.74) is 1.24. The zero-order valence-electron chi connectivity index (χ0n) is 20.2. The van der Waals surface area contributed by atoms with Gasteiger partial charge in [0.2, 0.25) is 0 Å². The highest BCUT2D eigenvalue weighted by Gasteiger charge is 2.25. The lowest BCUT2D eigenvalue weighted by Crippen LogP contribution is -2.48. The fraction of sp³-hybridized carbons (Fsp3) is 0.708. The Balaban J connectivity index is 0.00000363. The minimum absolute atomic E-state index is 0. The van der Waals surface area contributed by atoms with Crippen LogP contribution in [0.4, 0.5) is 5.69 Å². The van der Waals surface area contributed by atoms with E-state index in [0.717, 1.165) is 70.7 Å². The highest BCUT2D eigenvalue weighted by molar-refractivity contribution is 14.0. The second-order valence-corrected chi connectivity index (χ2v) is 8.86. The van der Waals surface area contributed by atoms with Gasteiger partial charge in [-0.2, -0.15) is 0 Å². The van der Waals surface area contributed by atoms with Gasteiger partial charge in [0.05, 0.1) is 26.9 Å². The third-order valence-electron chi connectivity index (χ3n) is 6.33. The normalized spacial score (nSPS) is 20.7. The summed E-state index contributed by atoms with van der Waals surface area (Å²) in [4.78, 5) is 9.94. The van der Waals surface area contributed by atoms with E-state index in [2.05, 4.69) is 59.4 Å². The zero-order valence-corrected chi connectivity index (χ0v) is 22.5. The fourth-order valence-electron chi connectivity index (χ4n) is 4.47. The van der Waals surface area contributed by atoms with Crippen molar-refractivity contribution in [3.63, 3.8) is 0 Å². The van der Waals surface area contributed by atoms with Crippen molar-refractivity contribution in [2.75, 3.05) is 71.0 Å². The maximum absolute atomic E-state index is 5.53. The summed E-state index contributed by atoms with van der Waals surface area (Å²) in [5, 5.41) is 7.03. The molecule has 8 heteroatoms. The van der Waals surface area contributed by atoms with Gasteiger partial charge in [-0.3, -0.25) is 9.89 Å². The Bertz CT molecular complexity index is 697. The number of rotatable bonds is 9. The van der Waals surface area contributed by atoms with Crippen molar-refractivity contribution in [2.45, 2.75) is 33.2 Å². The van der Waals surface area contributed by atoms with E-state index in [1.807, 2.05) is 6.07 Å². The lowest BCUT2D eigenvalue weighted by Gasteiger charge is -2.36. The van der Waals surface area contributed by atoms with Crippen molar-refractivity contribution >= 4 is 35.6 Å². The molecule has 1 aromatic carbocycles. The maximum Gasteiger partial charge on any atom is 0.191 e. The van der Waals surface area contributed by atoms with Crippen LogP contribution in [0.1, 0.15) is 27.2 Å². The van der Waals surface area contributed by atoms with E-state index < -0.39 is 0 Å². The Hall–Kier alpha value is -1.26. The van der Waals surface area contributed by atoms with Gasteiger partial charge in [-0.25, -0.2) is 0 Å². The molecule has 7 nitrogen and oxygen atoms in total. The number of anilines is 1. The molecule has 0 amide bonds. The average molecular weight is 560 g/mol. The van der Waals surface area contributed by atoms with Crippen LogP contribution < -0.4 is 20.3 Å². The highest BCUT2D eigenvalue weighted by Crippen LogP contribution is 2.26. The first-order valence-corrected chi connectivity index (χ1v) is 11.8.